The van der Waals surface area contributed by atoms with Crippen LogP contribution in [0.3, 0.4) is 0 Å². The summed E-state index contributed by atoms with van der Waals surface area (Å²) in [7, 11) is -3.26. The first kappa shape index (κ1) is 20.1. The van der Waals surface area contributed by atoms with Gasteiger partial charge in [-0.25, -0.2) is 0 Å². The second-order valence-electron chi connectivity index (χ2n) is 6.51. The van der Waals surface area contributed by atoms with E-state index in [2.05, 4.69) is 12.1 Å². The molecule has 0 radical (unpaired) electrons. The van der Waals surface area contributed by atoms with Gasteiger partial charge in [0.15, 0.2) is 0 Å². The highest BCUT2D eigenvalue weighted by molar-refractivity contribution is 7.53. The number of hydrogen-bond donors (Lipinski definition) is 0. The van der Waals surface area contributed by atoms with Gasteiger partial charge in [-0.05, 0) is 32.4 Å². The van der Waals surface area contributed by atoms with Gasteiger partial charge in [0.1, 0.15) is 12.1 Å². The molecule has 0 spiro atoms. The van der Waals surface area contributed by atoms with Gasteiger partial charge < -0.3 is 9.05 Å². The maximum atomic E-state index is 12.9. The van der Waals surface area contributed by atoms with Gasteiger partial charge >= 0.3 is 7.60 Å². The highest BCUT2D eigenvalue weighted by Crippen LogP contribution is 2.51. The summed E-state index contributed by atoms with van der Waals surface area (Å²) < 4.78 is 23.7. The molecule has 0 N–H and O–H groups in total. The van der Waals surface area contributed by atoms with Crippen LogP contribution in [0.2, 0.25) is 0 Å². The number of aryl methyl sites for hydroxylation is 1. The van der Waals surface area contributed by atoms with Crippen LogP contribution in [0.25, 0.3) is 21.5 Å². The van der Waals surface area contributed by atoms with E-state index in [1.54, 1.807) is 13.8 Å². The van der Waals surface area contributed by atoms with E-state index in [0.717, 1.165) is 21.9 Å². The molecular formula is C22H21N2O3P. The maximum Gasteiger partial charge on any atom is 0.335 e. The zero-order chi connectivity index (χ0) is 20.3. The van der Waals surface area contributed by atoms with E-state index in [0.29, 0.717) is 21.9 Å². The third-order valence-electron chi connectivity index (χ3n) is 4.59. The molecule has 0 heterocycles. The lowest BCUT2D eigenvalue weighted by molar-refractivity contribution is 0.219. The zero-order valence-electron chi connectivity index (χ0n) is 16.2. The zero-order valence-corrected chi connectivity index (χ0v) is 17.0. The van der Waals surface area contributed by atoms with Gasteiger partial charge in [0.25, 0.3) is 0 Å². The predicted octanol–water partition coefficient (Wildman–Crippen LogP) is 5.81. The number of nitriles is 2. The molecule has 0 aliphatic carbocycles. The monoisotopic (exact) mass is 392 g/mol. The lowest BCUT2D eigenvalue weighted by atomic mass is 9.91. The van der Waals surface area contributed by atoms with Crippen molar-refractivity contribution in [3.8, 4) is 12.1 Å². The Morgan fingerprint density at radius 3 is 1.93 bits per heavy atom. The summed E-state index contributed by atoms with van der Waals surface area (Å²) >= 11 is 0. The van der Waals surface area contributed by atoms with Crippen molar-refractivity contribution in [2.45, 2.75) is 26.9 Å². The van der Waals surface area contributed by atoms with Gasteiger partial charge in [-0.15, -0.1) is 0 Å². The molecule has 5 nitrogen and oxygen atoms in total. The van der Waals surface area contributed by atoms with Crippen molar-refractivity contribution in [2.24, 2.45) is 0 Å². The van der Waals surface area contributed by atoms with Crippen molar-refractivity contribution < 1.29 is 13.6 Å². The van der Waals surface area contributed by atoms with Crippen LogP contribution in [0.1, 0.15) is 36.1 Å². The Morgan fingerprint density at radius 2 is 1.39 bits per heavy atom. The Balaban J connectivity index is 2.26. The van der Waals surface area contributed by atoms with E-state index in [4.69, 9.17) is 9.05 Å². The van der Waals surface area contributed by atoms with E-state index in [-0.39, 0.29) is 19.4 Å². The Bertz CT molecular complexity index is 1180. The van der Waals surface area contributed by atoms with E-state index >= 15 is 0 Å². The van der Waals surface area contributed by atoms with Gasteiger partial charge in [-0.1, -0.05) is 35.9 Å². The summed E-state index contributed by atoms with van der Waals surface area (Å²) in [4.78, 5) is 0. The first-order valence-corrected chi connectivity index (χ1v) is 10.9. The summed E-state index contributed by atoms with van der Waals surface area (Å²) in [6, 6.07) is 15.8. The average molecular weight is 392 g/mol. The third kappa shape index (κ3) is 3.66. The fourth-order valence-corrected chi connectivity index (χ4v) is 5.16. The van der Waals surface area contributed by atoms with Crippen LogP contribution >= 0.6 is 7.60 Å². The molecule has 0 atom stereocenters. The number of nitrogens with zero attached hydrogens (tertiary/aromatic N) is 2. The van der Waals surface area contributed by atoms with Crippen molar-refractivity contribution in [3.05, 3.63) is 58.7 Å². The topological polar surface area (TPSA) is 83.1 Å². The predicted molar refractivity (Wildman–Crippen MR) is 110 cm³/mol. The quantitative estimate of drug-likeness (QED) is 0.390. The number of benzene rings is 3. The molecule has 0 aromatic heterocycles. The largest absolute Gasteiger partial charge is 0.335 e. The minimum absolute atomic E-state index is 0.114. The van der Waals surface area contributed by atoms with Crippen molar-refractivity contribution in [1.29, 1.82) is 10.5 Å². The molecule has 0 fully saturated rings. The molecule has 3 aromatic rings. The minimum atomic E-state index is -3.26. The molecule has 0 bridgehead atoms. The first-order valence-electron chi connectivity index (χ1n) is 9.13. The molecule has 0 saturated carbocycles. The number of rotatable bonds is 6. The van der Waals surface area contributed by atoms with Gasteiger partial charge in [0.05, 0.1) is 30.5 Å². The number of hydrogen-bond acceptors (Lipinski definition) is 5. The first-order chi connectivity index (χ1) is 13.5. The second-order valence-corrected chi connectivity index (χ2v) is 8.56. The lowest BCUT2D eigenvalue weighted by Gasteiger charge is -2.17. The Labute approximate surface area is 164 Å². The minimum Gasteiger partial charge on any atom is -0.309 e. The third-order valence-corrected chi connectivity index (χ3v) is 6.64. The molecule has 3 rings (SSSR count). The average Bonchev–Trinajstić information content (AvgIpc) is 2.66. The fourth-order valence-electron chi connectivity index (χ4n) is 3.47. The molecule has 3 aromatic carbocycles. The van der Waals surface area contributed by atoms with Crippen LogP contribution < -0.4 is 0 Å². The summed E-state index contributed by atoms with van der Waals surface area (Å²) in [5.74, 6) is 0. The molecule has 28 heavy (non-hydrogen) atoms. The number of fused-ring (bicyclic) bond motifs is 2. The van der Waals surface area contributed by atoms with Crippen molar-refractivity contribution >= 4 is 29.1 Å². The van der Waals surface area contributed by atoms with Gasteiger partial charge in [-0.2, -0.15) is 10.5 Å². The Morgan fingerprint density at radius 1 is 0.857 bits per heavy atom. The van der Waals surface area contributed by atoms with Crippen molar-refractivity contribution in [2.75, 3.05) is 13.2 Å². The summed E-state index contributed by atoms with van der Waals surface area (Å²) in [6.45, 7) is 6.08. The smallest absolute Gasteiger partial charge is 0.309 e. The van der Waals surface area contributed by atoms with Crippen LogP contribution in [0.15, 0.2) is 36.4 Å². The van der Waals surface area contributed by atoms with Crippen LogP contribution in [-0.4, -0.2) is 13.2 Å². The molecule has 0 amide bonds. The van der Waals surface area contributed by atoms with Crippen molar-refractivity contribution in [1.82, 2.24) is 0 Å². The summed E-state index contributed by atoms with van der Waals surface area (Å²) in [5.41, 5.74) is 2.81. The van der Waals surface area contributed by atoms with Crippen LogP contribution in [0.5, 0.6) is 0 Å². The van der Waals surface area contributed by atoms with Crippen molar-refractivity contribution in [3.63, 3.8) is 0 Å². The van der Waals surface area contributed by atoms with E-state index < -0.39 is 7.60 Å². The second kappa shape index (κ2) is 8.13. The summed E-state index contributed by atoms with van der Waals surface area (Å²) in [5, 5.41) is 22.5. The Hall–Kier alpha value is -2.69. The highest BCUT2D eigenvalue weighted by Gasteiger charge is 2.25. The molecule has 0 unspecified atom stereocenters. The van der Waals surface area contributed by atoms with E-state index in [1.165, 1.54) is 0 Å². The molecule has 0 aliphatic rings. The van der Waals surface area contributed by atoms with Gasteiger partial charge in [0.2, 0.25) is 0 Å². The standard InChI is InChI=1S/C22H21N2O3P/c1-4-26-28(25,27-5-2)14-16-7-9-18-20(11-16)22(13-24)17-8-6-15(3)10-19(17)21(18)12-23/h6-11H,4-5,14H2,1-3H3. The maximum absolute atomic E-state index is 12.9. The van der Waals surface area contributed by atoms with Gasteiger partial charge in [-0.3, -0.25) is 4.57 Å². The highest BCUT2D eigenvalue weighted by atomic mass is 31.2. The van der Waals surface area contributed by atoms with Gasteiger partial charge in [0, 0.05) is 21.5 Å². The van der Waals surface area contributed by atoms with E-state index in [1.807, 2.05) is 43.3 Å². The van der Waals surface area contributed by atoms with Crippen LogP contribution in [0, 0.1) is 29.6 Å². The normalized spacial score (nSPS) is 11.5. The van der Waals surface area contributed by atoms with E-state index in [9.17, 15) is 15.1 Å². The van der Waals surface area contributed by atoms with Crippen LogP contribution in [-0.2, 0) is 19.8 Å². The summed E-state index contributed by atoms with van der Waals surface area (Å²) in [6.07, 6.45) is 0.114. The lowest BCUT2D eigenvalue weighted by Crippen LogP contribution is -1.99. The molecule has 0 saturated heterocycles. The molecule has 0 aliphatic heterocycles. The Kier molecular flexibility index (Phi) is 5.82. The fraction of sp³-hybridized carbons (Fsp3) is 0.273. The molecular weight excluding hydrogens is 371 g/mol. The SMILES string of the molecule is CCOP(=O)(Cc1ccc2c(C#N)c3cc(C)ccc3c(C#N)c2c1)OCC. The van der Waals surface area contributed by atoms with Crippen LogP contribution in [0.4, 0.5) is 0 Å². The molecule has 142 valence electrons. The molecule has 6 heteroatoms.